The van der Waals surface area contributed by atoms with E-state index in [1.54, 1.807) is 0 Å². The van der Waals surface area contributed by atoms with Gasteiger partial charge in [-0.05, 0) is 81.0 Å². The topological polar surface area (TPSA) is 30.9 Å². The molecule has 0 amide bonds. The SMILES string of the molecule is CCCCOc1ccc2c3c1O[C@H]1CCC[C@@]4(OC/C=C/c5ccccc5)[C@@H](C2)N(CC2CC2)CC[C@]314. The lowest BCUT2D eigenvalue weighted by molar-refractivity contribution is -0.210. The highest BCUT2D eigenvalue weighted by atomic mass is 16.5. The van der Waals surface area contributed by atoms with Gasteiger partial charge in [0.1, 0.15) is 6.10 Å². The van der Waals surface area contributed by atoms with Crippen molar-refractivity contribution in [2.45, 2.75) is 87.9 Å². The minimum atomic E-state index is -0.204. The number of nitrogens with zero attached hydrogens (tertiary/aromatic N) is 1. The fourth-order valence-corrected chi connectivity index (χ4v) is 8.11. The molecule has 0 aromatic heterocycles. The van der Waals surface area contributed by atoms with Crippen molar-refractivity contribution in [1.29, 1.82) is 0 Å². The molecule has 0 radical (unpaired) electrons. The highest BCUT2D eigenvalue weighted by Crippen LogP contribution is 2.66. The number of piperidine rings is 1. The van der Waals surface area contributed by atoms with Crippen molar-refractivity contribution in [2.75, 3.05) is 26.3 Å². The number of hydrogen-bond acceptors (Lipinski definition) is 4. The summed E-state index contributed by atoms with van der Waals surface area (Å²) in [6.07, 6.45) is 15.2. The van der Waals surface area contributed by atoms with Crippen LogP contribution in [-0.2, 0) is 16.6 Å². The van der Waals surface area contributed by atoms with Crippen LogP contribution >= 0.6 is 0 Å². The molecule has 3 fully saturated rings. The Bertz CT molecular complexity index is 1160. The van der Waals surface area contributed by atoms with Gasteiger partial charge in [0.25, 0.3) is 0 Å². The third-order valence-electron chi connectivity index (χ3n) is 9.91. The molecule has 2 aromatic carbocycles. The Labute approximate surface area is 222 Å². The standard InChI is InChI=1S/C33H41NO3/c1-2-3-20-35-27-16-15-26-22-28-33(36-21-8-11-24-9-5-4-6-10-24)17-7-12-29-32(33,30(26)31(27)37-29)18-19-34(28)23-25-13-14-25/h4-6,8-11,15-16,25,28-29H,2-3,7,12-14,17-23H2,1H3/b11-8+/t28-,29+,32-,33-/m1/s1. The third kappa shape index (κ3) is 3.78. The first-order valence-corrected chi connectivity index (χ1v) is 14.8. The smallest absolute Gasteiger partial charge is 0.165 e. The van der Waals surface area contributed by atoms with Crippen molar-refractivity contribution < 1.29 is 14.2 Å². The van der Waals surface area contributed by atoms with E-state index in [0.29, 0.717) is 12.6 Å². The Hall–Kier alpha value is -2.30. The summed E-state index contributed by atoms with van der Waals surface area (Å²) in [6, 6.07) is 15.5. The van der Waals surface area contributed by atoms with E-state index in [2.05, 4.69) is 66.4 Å². The van der Waals surface area contributed by atoms with Crippen LogP contribution in [0.5, 0.6) is 11.5 Å². The molecular formula is C33H41NO3. The molecule has 2 bridgehead atoms. The van der Waals surface area contributed by atoms with E-state index < -0.39 is 0 Å². The minimum absolute atomic E-state index is 0.0659. The zero-order valence-corrected chi connectivity index (χ0v) is 22.3. The summed E-state index contributed by atoms with van der Waals surface area (Å²) in [6.45, 7) is 6.01. The van der Waals surface area contributed by atoms with Gasteiger partial charge in [-0.3, -0.25) is 4.90 Å². The number of unbranched alkanes of at least 4 members (excludes halogenated alkanes) is 1. The highest BCUT2D eigenvalue weighted by Gasteiger charge is 2.72. The van der Waals surface area contributed by atoms with Gasteiger partial charge in [-0.25, -0.2) is 0 Å². The van der Waals surface area contributed by atoms with Crippen LogP contribution in [0, 0.1) is 5.92 Å². The Morgan fingerprint density at radius 2 is 1.97 bits per heavy atom. The van der Waals surface area contributed by atoms with Crippen LogP contribution in [0.15, 0.2) is 48.5 Å². The molecule has 4 atom stereocenters. The van der Waals surface area contributed by atoms with E-state index in [9.17, 15) is 0 Å². The summed E-state index contributed by atoms with van der Waals surface area (Å²) in [7, 11) is 0. The molecule has 2 aromatic rings. The van der Waals surface area contributed by atoms with Gasteiger partial charge in [-0.1, -0.05) is 61.9 Å². The lowest BCUT2D eigenvalue weighted by Gasteiger charge is -2.65. The maximum Gasteiger partial charge on any atom is 0.165 e. The largest absolute Gasteiger partial charge is 0.490 e. The summed E-state index contributed by atoms with van der Waals surface area (Å²) in [5.74, 6) is 2.88. The summed E-state index contributed by atoms with van der Waals surface area (Å²) in [4.78, 5) is 2.82. The Kier molecular flexibility index (Phi) is 6.09. The van der Waals surface area contributed by atoms with E-state index in [0.717, 1.165) is 75.5 Å². The number of ether oxygens (including phenoxy) is 3. The van der Waals surface area contributed by atoms with Crippen LogP contribution in [0.4, 0.5) is 0 Å². The molecule has 0 N–H and O–H groups in total. The molecule has 196 valence electrons. The van der Waals surface area contributed by atoms with Crippen LogP contribution in [0.1, 0.15) is 75.0 Å². The number of rotatable bonds is 10. The van der Waals surface area contributed by atoms with Crippen molar-refractivity contribution in [3.05, 3.63) is 65.2 Å². The predicted molar refractivity (Wildman–Crippen MR) is 147 cm³/mol. The summed E-state index contributed by atoms with van der Waals surface area (Å²) < 4.78 is 20.5. The van der Waals surface area contributed by atoms with Gasteiger partial charge in [0.2, 0.25) is 0 Å². The normalized spacial score (nSPS) is 31.8. The number of hydrogen-bond donors (Lipinski definition) is 0. The molecule has 4 nitrogen and oxygen atoms in total. The third-order valence-corrected chi connectivity index (χ3v) is 9.91. The van der Waals surface area contributed by atoms with E-state index in [4.69, 9.17) is 14.2 Å². The Morgan fingerprint density at radius 3 is 2.81 bits per heavy atom. The highest BCUT2D eigenvalue weighted by molar-refractivity contribution is 5.63. The molecule has 3 aliphatic carbocycles. The van der Waals surface area contributed by atoms with Crippen molar-refractivity contribution in [3.8, 4) is 11.5 Å². The second-order valence-corrected chi connectivity index (χ2v) is 12.0. The van der Waals surface area contributed by atoms with Gasteiger partial charge in [-0.2, -0.15) is 0 Å². The van der Waals surface area contributed by atoms with Gasteiger partial charge in [0.15, 0.2) is 11.5 Å². The van der Waals surface area contributed by atoms with Crippen LogP contribution in [0.2, 0.25) is 0 Å². The molecular weight excluding hydrogens is 458 g/mol. The fourth-order valence-electron chi connectivity index (χ4n) is 8.11. The van der Waals surface area contributed by atoms with Crippen molar-refractivity contribution in [1.82, 2.24) is 4.90 Å². The van der Waals surface area contributed by atoms with Crippen LogP contribution in [0.3, 0.4) is 0 Å². The first-order valence-electron chi connectivity index (χ1n) is 14.8. The lowest BCUT2D eigenvalue weighted by Crippen LogP contribution is -2.76. The summed E-state index contributed by atoms with van der Waals surface area (Å²) in [5.41, 5.74) is 3.88. The maximum atomic E-state index is 7.24. The lowest BCUT2D eigenvalue weighted by atomic mass is 9.49. The monoisotopic (exact) mass is 499 g/mol. The van der Waals surface area contributed by atoms with E-state index >= 15 is 0 Å². The van der Waals surface area contributed by atoms with E-state index in [1.165, 1.54) is 36.1 Å². The van der Waals surface area contributed by atoms with Gasteiger partial charge < -0.3 is 14.2 Å². The first kappa shape index (κ1) is 23.8. The van der Waals surface area contributed by atoms with Crippen molar-refractivity contribution in [3.63, 3.8) is 0 Å². The van der Waals surface area contributed by atoms with Crippen molar-refractivity contribution >= 4 is 6.08 Å². The average molecular weight is 500 g/mol. The van der Waals surface area contributed by atoms with Gasteiger partial charge in [0, 0.05) is 18.2 Å². The zero-order valence-electron chi connectivity index (χ0n) is 22.3. The van der Waals surface area contributed by atoms with Gasteiger partial charge in [-0.15, -0.1) is 0 Å². The Morgan fingerprint density at radius 1 is 1.08 bits per heavy atom. The van der Waals surface area contributed by atoms with Crippen LogP contribution < -0.4 is 9.47 Å². The summed E-state index contributed by atoms with van der Waals surface area (Å²) >= 11 is 0. The second kappa shape index (κ2) is 9.47. The molecule has 1 saturated heterocycles. The minimum Gasteiger partial charge on any atom is -0.490 e. The number of likely N-dealkylation sites (tertiary alicyclic amines) is 1. The molecule has 0 unspecified atom stereocenters. The molecule has 7 rings (SSSR count). The fraction of sp³-hybridized carbons (Fsp3) is 0.576. The maximum absolute atomic E-state index is 7.24. The average Bonchev–Trinajstić information content (AvgIpc) is 3.67. The zero-order chi connectivity index (χ0) is 24.9. The van der Waals surface area contributed by atoms with Gasteiger partial charge in [0.05, 0.1) is 24.2 Å². The second-order valence-electron chi connectivity index (χ2n) is 12.0. The molecule has 2 saturated carbocycles. The van der Waals surface area contributed by atoms with Crippen LogP contribution in [-0.4, -0.2) is 49.0 Å². The van der Waals surface area contributed by atoms with Crippen molar-refractivity contribution in [2.24, 2.45) is 5.92 Å². The number of benzene rings is 2. The Balaban J connectivity index is 1.27. The summed E-state index contributed by atoms with van der Waals surface area (Å²) in [5, 5.41) is 0. The van der Waals surface area contributed by atoms with Crippen LogP contribution in [0.25, 0.3) is 6.08 Å². The predicted octanol–water partition coefficient (Wildman–Crippen LogP) is 6.56. The van der Waals surface area contributed by atoms with Gasteiger partial charge >= 0.3 is 0 Å². The van der Waals surface area contributed by atoms with E-state index in [1.807, 2.05) is 0 Å². The molecule has 5 aliphatic rings. The molecule has 37 heavy (non-hydrogen) atoms. The molecule has 2 heterocycles. The van der Waals surface area contributed by atoms with E-state index in [-0.39, 0.29) is 17.1 Å². The quantitative estimate of drug-likeness (QED) is 0.347. The molecule has 2 aliphatic heterocycles. The molecule has 1 spiro atoms. The first-order chi connectivity index (χ1) is 18.2. The molecule has 4 heteroatoms.